The Hall–Kier alpha value is -9.45. The fourth-order valence-corrected chi connectivity index (χ4v) is 9.28. The summed E-state index contributed by atoms with van der Waals surface area (Å²) in [5, 5.41) is 47.5. The molecule has 0 aromatic carbocycles. The van der Waals surface area contributed by atoms with Crippen LogP contribution >= 0.6 is 0 Å². The molecule has 9 heterocycles. The van der Waals surface area contributed by atoms with Crippen LogP contribution in [0.4, 0.5) is 0 Å². The summed E-state index contributed by atoms with van der Waals surface area (Å²) in [7, 11) is 0. The molecule has 0 atom stereocenters. The van der Waals surface area contributed by atoms with Crippen LogP contribution in [0.25, 0.3) is 0 Å². The molecule has 9 aromatic rings. The van der Waals surface area contributed by atoms with E-state index in [0.29, 0.717) is 63.7 Å². The fourth-order valence-electron chi connectivity index (χ4n) is 9.28. The van der Waals surface area contributed by atoms with Gasteiger partial charge in [-0.05, 0) is 201 Å². The lowest BCUT2D eigenvalue weighted by Gasteiger charge is -2.09. The zero-order chi connectivity index (χ0) is 82.0. The van der Waals surface area contributed by atoms with Crippen LogP contribution in [0.3, 0.4) is 0 Å². The molecule has 0 aliphatic rings. The maximum Gasteiger partial charge on any atom is 0.251 e. The summed E-state index contributed by atoms with van der Waals surface area (Å²) < 4.78 is 30.4. The molecule has 0 aliphatic heterocycles. The summed E-state index contributed by atoms with van der Waals surface area (Å²) >= 11 is 0. The minimum Gasteiger partial charge on any atom is -0.508 e. The van der Waals surface area contributed by atoms with E-state index in [1.165, 1.54) is 0 Å². The first-order valence-electron chi connectivity index (χ1n) is 37.0. The summed E-state index contributed by atoms with van der Waals surface area (Å²) in [6.45, 7) is 58.0. The van der Waals surface area contributed by atoms with Crippen LogP contribution in [0, 0.1) is 83.1 Å². The van der Waals surface area contributed by atoms with E-state index in [1.807, 2.05) is 205 Å². The molecule has 18 heteroatoms. The van der Waals surface area contributed by atoms with Crippen molar-refractivity contribution in [3.05, 3.63) is 251 Å². The average molecular weight is 1520 g/mol. The highest BCUT2D eigenvalue weighted by molar-refractivity contribution is 5.37. The second-order valence-corrected chi connectivity index (χ2v) is 28.4. The van der Waals surface area contributed by atoms with Gasteiger partial charge >= 0.3 is 0 Å². The van der Waals surface area contributed by atoms with Gasteiger partial charge in [0.05, 0.1) is 22.6 Å². The van der Waals surface area contributed by atoms with Crippen LogP contribution in [-0.4, -0.2) is 70.4 Å². The van der Waals surface area contributed by atoms with Crippen molar-refractivity contribution < 1.29 is 31.0 Å². The Morgan fingerprint density at radius 1 is 0.349 bits per heavy atom. The van der Waals surface area contributed by atoms with Crippen LogP contribution in [0.2, 0.25) is 0 Å². The molecule has 9 N–H and O–H groups in total. The van der Waals surface area contributed by atoms with Gasteiger partial charge in [0.15, 0.2) is 10.9 Å². The van der Waals surface area contributed by atoms with Gasteiger partial charge in [0.1, 0.15) is 23.0 Å². The molecule has 0 spiro atoms. The predicted molar refractivity (Wildman–Crippen MR) is 469 cm³/mol. The number of aromatic hydroxyl groups is 5. The zero-order valence-electron chi connectivity index (χ0n) is 70.7. The topological polar surface area (TPSA) is 297 Å². The Morgan fingerprint density at radius 2 is 0.725 bits per heavy atom. The van der Waals surface area contributed by atoms with Crippen LogP contribution in [0.1, 0.15) is 353 Å². The number of H-pyrrole nitrogens is 4. The number of hydrogen-bond donors (Lipinski definition) is 9. The molecule has 0 saturated carbocycles. The molecule has 18 nitrogen and oxygen atoms in total. The monoisotopic (exact) mass is 1520 g/mol. The molecule has 614 valence electrons. The Balaban J connectivity index is -0.000000222. The summed E-state index contributed by atoms with van der Waals surface area (Å²) in [5.74, 6) is 2.64. The minimum absolute atomic E-state index is 0. The maximum atomic E-state index is 11.4. The van der Waals surface area contributed by atoms with Gasteiger partial charge in [-0.15, -0.1) is 0 Å². The molecule has 0 amide bonds. The molecule has 0 fully saturated rings. The van der Waals surface area contributed by atoms with Crippen LogP contribution in [0.5, 0.6) is 28.9 Å². The number of hydrogen-bond acceptors (Lipinski definition) is 14. The van der Waals surface area contributed by atoms with Gasteiger partial charge in [0.25, 0.3) is 11.1 Å². The SMILES string of the molecule is C.C.C.C.C.C.C.Cc1cc(=O)c(C(C)C)c[nH]1.Cc1cc(=O)c(C(C)C)c[nH]1.Cc1cc(C(C)C)c(=O)[nH]c1C.Cc1ccc(C(C)C)c(=O)[nH]1.Cc1cnc(C(C)C)c(O)c1.Cc1cnc(C(C)C)c(O)c1.[2H]c1c(C)c(C)nc(C(C)C)c1O.[2H]c1c(C)c(C)nc(O)c1C(C)C.[2H]c1nc(C)c([2H])c(O)c1C(C)C. The third-order valence-corrected chi connectivity index (χ3v) is 15.8. The van der Waals surface area contributed by atoms with Crippen molar-refractivity contribution in [3.63, 3.8) is 0 Å². The Morgan fingerprint density at radius 3 is 1.08 bits per heavy atom. The number of rotatable bonds is 9. The third-order valence-electron chi connectivity index (χ3n) is 15.8. The van der Waals surface area contributed by atoms with Gasteiger partial charge in [0.2, 0.25) is 5.88 Å². The number of aromatic amines is 4. The van der Waals surface area contributed by atoms with E-state index >= 15 is 0 Å². The van der Waals surface area contributed by atoms with Crippen LogP contribution in [0.15, 0.2) is 111 Å². The Labute approximate surface area is 665 Å². The molecule has 0 bridgehead atoms. The zero-order valence-corrected chi connectivity index (χ0v) is 66.7. The second kappa shape index (κ2) is 54.2. The first kappa shape index (κ1) is 104. The Bertz CT molecular complexity index is 4300. The fraction of sp³-hybridized carbons (Fsp3) is 0.505. The van der Waals surface area contributed by atoms with Gasteiger partial charge in [-0.25, -0.2) is 4.98 Å². The van der Waals surface area contributed by atoms with Gasteiger partial charge < -0.3 is 45.5 Å². The highest BCUT2D eigenvalue weighted by atomic mass is 16.3. The van der Waals surface area contributed by atoms with Gasteiger partial charge in [0, 0.05) is 122 Å². The molecule has 0 radical (unpaired) electrons. The lowest BCUT2D eigenvalue weighted by Crippen LogP contribution is -2.15. The number of aryl methyl sites for hydroxylation is 10. The molecule has 0 unspecified atom stereocenters. The smallest absolute Gasteiger partial charge is 0.251 e. The van der Waals surface area contributed by atoms with Crippen molar-refractivity contribution in [1.29, 1.82) is 0 Å². The summed E-state index contributed by atoms with van der Waals surface area (Å²) in [5.41, 5.74) is 17.5. The van der Waals surface area contributed by atoms with Gasteiger partial charge in [-0.3, -0.25) is 39.1 Å². The van der Waals surface area contributed by atoms with E-state index in [-0.39, 0.29) is 139 Å². The van der Waals surface area contributed by atoms with E-state index in [1.54, 1.807) is 69.8 Å². The van der Waals surface area contributed by atoms with E-state index in [9.17, 15) is 44.7 Å². The number of nitrogens with zero attached hydrogens (tertiary/aromatic N) is 5. The quantitative estimate of drug-likeness (QED) is 0.0649. The summed E-state index contributed by atoms with van der Waals surface area (Å²) in [6, 6.07) is 13.2. The normalized spacial score (nSPS) is 10.4. The first-order chi connectivity index (χ1) is 48.9. The van der Waals surface area contributed by atoms with E-state index in [2.05, 4.69) is 44.9 Å². The highest BCUT2D eigenvalue weighted by Gasteiger charge is 2.13. The predicted octanol–water partition coefficient (Wildman–Crippen LogP) is 23.7. The molecular formula is C91H151N9O9. The molecule has 9 rings (SSSR count). The molecule has 0 saturated heterocycles. The summed E-state index contributed by atoms with van der Waals surface area (Å²) in [4.78, 5) is 77.2. The largest absolute Gasteiger partial charge is 0.508 e. The van der Waals surface area contributed by atoms with E-state index < -0.39 is 0 Å². The minimum atomic E-state index is -0.104. The highest BCUT2D eigenvalue weighted by Crippen LogP contribution is 2.28. The van der Waals surface area contributed by atoms with Gasteiger partial charge in [-0.2, -0.15) is 0 Å². The third kappa shape index (κ3) is 39.5. The number of aromatic nitrogens is 9. The molecule has 0 aliphatic carbocycles. The van der Waals surface area contributed by atoms with Crippen molar-refractivity contribution in [2.24, 2.45) is 0 Å². The van der Waals surface area contributed by atoms with Crippen molar-refractivity contribution in [3.8, 4) is 28.9 Å². The van der Waals surface area contributed by atoms with Crippen molar-refractivity contribution >= 4 is 0 Å². The number of nitrogens with one attached hydrogen (secondary N) is 4. The molecule has 109 heavy (non-hydrogen) atoms. The van der Waals surface area contributed by atoms with Gasteiger partial charge in [-0.1, -0.05) is 183 Å². The first-order valence-corrected chi connectivity index (χ1v) is 35.0. The van der Waals surface area contributed by atoms with Crippen molar-refractivity contribution in [2.75, 3.05) is 0 Å². The summed E-state index contributed by atoms with van der Waals surface area (Å²) in [6.07, 6.45) is 7.20. The molecular weight excluding hydrogens is 1360 g/mol. The van der Waals surface area contributed by atoms with E-state index in [0.717, 1.165) is 95.6 Å². The van der Waals surface area contributed by atoms with Crippen LogP contribution in [-0.2, 0) is 0 Å². The van der Waals surface area contributed by atoms with Crippen LogP contribution < -0.4 is 22.0 Å². The van der Waals surface area contributed by atoms with Crippen molar-refractivity contribution in [1.82, 2.24) is 44.9 Å². The Kier molecular flexibility index (Phi) is 51.6. The lowest BCUT2D eigenvalue weighted by atomic mass is 10.0. The lowest BCUT2D eigenvalue weighted by molar-refractivity contribution is 0.441. The maximum absolute atomic E-state index is 11.4. The second-order valence-electron chi connectivity index (χ2n) is 28.4. The average Bonchev–Trinajstić information content (AvgIpc) is 0.820. The standard InChI is InChI=1S/3C10H15NO.6C9H13NO.7CH4/c1-6(2)10-9(12)5-7(3)8(4)11-10;2*1-6(2)9-5-7(3)8(4)11-10(9)12;3*1-6(2)8-5-10-7(3)4-9(8)11;2*1-6(2)9-8(11)4-7(3)5-10-9;1-6(2)8-5-4-7(3)10-9(8)11;;;;;;;/h5-6,12H,1-4H3;2*5-6H,1-4H3,(H,11,12);3*4-6H,1-3H3,(H,10,11);2*4-6,11H,1-3H3;4-6H,1-3H3,(H,10,11);7*1H4/i2*5D;;4D,5D;;;;;;;;;;;;. The molecule has 9 aromatic heterocycles. The van der Waals surface area contributed by atoms with Crippen molar-refractivity contribution in [2.45, 2.75) is 313 Å². The number of pyridine rings is 9. The van der Waals surface area contributed by atoms with E-state index in [4.69, 9.17) is 5.48 Å².